The van der Waals surface area contributed by atoms with Crippen LogP contribution in [-0.4, -0.2) is 16.3 Å². The number of benzene rings is 1. The highest BCUT2D eigenvalue weighted by molar-refractivity contribution is 9.10. The molecule has 0 aliphatic heterocycles. The first kappa shape index (κ1) is 13.6. The summed E-state index contributed by atoms with van der Waals surface area (Å²) in [5, 5.41) is 14.7. The van der Waals surface area contributed by atoms with Crippen molar-refractivity contribution in [1.29, 1.82) is 0 Å². The number of hydrogen-bond acceptors (Lipinski definition) is 5. The summed E-state index contributed by atoms with van der Waals surface area (Å²) in [5.74, 6) is 0.206. The molecule has 1 aliphatic carbocycles. The fourth-order valence-corrected chi connectivity index (χ4v) is 3.56. The lowest BCUT2D eigenvalue weighted by Crippen LogP contribution is -1.99. The molecule has 2 aromatic rings. The van der Waals surface area contributed by atoms with Crippen LogP contribution in [-0.2, 0) is 12.8 Å². The minimum absolute atomic E-state index is 0.206. The number of halogens is 1. The molecule has 6 heteroatoms. The van der Waals surface area contributed by atoms with Crippen molar-refractivity contribution in [2.75, 3.05) is 5.43 Å². The third kappa shape index (κ3) is 3.02. The van der Waals surface area contributed by atoms with Gasteiger partial charge in [-0.05, 0) is 43.9 Å². The van der Waals surface area contributed by atoms with Gasteiger partial charge in [0.25, 0.3) is 0 Å². The second-order valence-corrected chi connectivity index (χ2v) is 6.67. The number of phenolic OH excluding ortho intramolecular Hbond substituents is 1. The Kier molecular flexibility index (Phi) is 4.03. The summed E-state index contributed by atoms with van der Waals surface area (Å²) in [7, 11) is 0. The molecule has 1 aromatic carbocycles. The summed E-state index contributed by atoms with van der Waals surface area (Å²) in [6.45, 7) is 0. The van der Waals surface area contributed by atoms with Crippen LogP contribution in [0.4, 0.5) is 5.13 Å². The van der Waals surface area contributed by atoms with Crippen molar-refractivity contribution in [3.63, 3.8) is 0 Å². The van der Waals surface area contributed by atoms with Crippen LogP contribution in [0.15, 0.2) is 27.8 Å². The number of nitrogens with one attached hydrogen (secondary N) is 1. The number of hydrogen-bond donors (Lipinski definition) is 2. The molecular formula is C14H14BrN3OS. The molecule has 2 N–H and O–H groups in total. The van der Waals surface area contributed by atoms with Crippen molar-refractivity contribution in [1.82, 2.24) is 4.98 Å². The van der Waals surface area contributed by atoms with E-state index in [1.807, 2.05) is 6.07 Å². The zero-order valence-electron chi connectivity index (χ0n) is 10.8. The number of aromatic nitrogens is 1. The van der Waals surface area contributed by atoms with Gasteiger partial charge in [0.1, 0.15) is 5.75 Å². The lowest BCUT2D eigenvalue weighted by molar-refractivity contribution is 0.474. The van der Waals surface area contributed by atoms with Crippen molar-refractivity contribution in [3.8, 4) is 5.75 Å². The molecule has 0 atom stereocenters. The summed E-state index contributed by atoms with van der Waals surface area (Å²) >= 11 is 5.04. The predicted octanol–water partition coefficient (Wildman–Crippen LogP) is 3.94. The molecule has 20 heavy (non-hydrogen) atoms. The smallest absolute Gasteiger partial charge is 0.203 e. The highest BCUT2D eigenvalue weighted by atomic mass is 79.9. The summed E-state index contributed by atoms with van der Waals surface area (Å²) < 4.78 is 0.904. The Hall–Kier alpha value is -1.40. The summed E-state index contributed by atoms with van der Waals surface area (Å²) in [6.07, 6.45) is 6.28. The van der Waals surface area contributed by atoms with Gasteiger partial charge in [-0.25, -0.2) is 4.98 Å². The maximum Gasteiger partial charge on any atom is 0.203 e. The molecule has 0 amide bonds. The van der Waals surface area contributed by atoms with Gasteiger partial charge in [-0.1, -0.05) is 15.9 Å². The monoisotopic (exact) mass is 351 g/mol. The number of nitrogens with zero attached hydrogens (tertiary/aromatic N) is 2. The molecular weight excluding hydrogens is 338 g/mol. The lowest BCUT2D eigenvalue weighted by Gasteiger charge is -2.06. The number of phenols is 1. The van der Waals surface area contributed by atoms with E-state index in [1.54, 1.807) is 29.7 Å². The predicted molar refractivity (Wildman–Crippen MR) is 85.8 cm³/mol. The summed E-state index contributed by atoms with van der Waals surface area (Å²) in [4.78, 5) is 5.92. The fourth-order valence-electron chi connectivity index (χ4n) is 2.19. The molecule has 0 saturated heterocycles. The minimum Gasteiger partial charge on any atom is -0.507 e. The van der Waals surface area contributed by atoms with Gasteiger partial charge in [0.2, 0.25) is 5.13 Å². The second-order valence-electron chi connectivity index (χ2n) is 4.67. The van der Waals surface area contributed by atoms with E-state index < -0.39 is 0 Å². The minimum atomic E-state index is 0.206. The Morgan fingerprint density at radius 2 is 2.20 bits per heavy atom. The van der Waals surface area contributed by atoms with Crippen LogP contribution in [0.25, 0.3) is 0 Å². The Bertz CT molecular complexity index is 630. The molecule has 4 nitrogen and oxygen atoms in total. The lowest BCUT2D eigenvalue weighted by atomic mass is 10.0. The molecule has 104 valence electrons. The number of fused-ring (bicyclic) bond motifs is 1. The van der Waals surface area contributed by atoms with E-state index in [-0.39, 0.29) is 5.75 Å². The Labute approximate surface area is 129 Å². The van der Waals surface area contributed by atoms with Gasteiger partial charge in [-0.15, -0.1) is 11.3 Å². The molecule has 0 spiro atoms. The largest absolute Gasteiger partial charge is 0.507 e. The zero-order valence-corrected chi connectivity index (χ0v) is 13.2. The first-order valence-electron chi connectivity index (χ1n) is 6.48. The van der Waals surface area contributed by atoms with E-state index in [0.29, 0.717) is 5.56 Å². The standard InChI is InChI=1S/C14H14BrN3OS/c15-10-5-6-12(19)9(7-10)8-16-18-14-17-11-3-1-2-4-13(11)20-14/h5-8,19H,1-4H2,(H,17,18)/b16-8-. The average Bonchev–Trinajstić information content (AvgIpc) is 2.85. The molecule has 1 aliphatic rings. The van der Waals surface area contributed by atoms with Crippen molar-refractivity contribution in [2.24, 2.45) is 5.10 Å². The average molecular weight is 352 g/mol. The molecule has 0 radical (unpaired) electrons. The number of hydrazone groups is 1. The quantitative estimate of drug-likeness (QED) is 0.650. The van der Waals surface area contributed by atoms with Gasteiger partial charge >= 0.3 is 0 Å². The van der Waals surface area contributed by atoms with Crippen LogP contribution in [0.2, 0.25) is 0 Å². The number of rotatable bonds is 3. The van der Waals surface area contributed by atoms with Crippen molar-refractivity contribution >= 4 is 38.6 Å². The Morgan fingerprint density at radius 1 is 1.35 bits per heavy atom. The fraction of sp³-hybridized carbons (Fsp3) is 0.286. The van der Waals surface area contributed by atoms with Crippen molar-refractivity contribution < 1.29 is 5.11 Å². The van der Waals surface area contributed by atoms with E-state index >= 15 is 0 Å². The molecule has 0 bridgehead atoms. The van der Waals surface area contributed by atoms with Gasteiger partial charge < -0.3 is 5.11 Å². The van der Waals surface area contributed by atoms with Crippen molar-refractivity contribution in [2.45, 2.75) is 25.7 Å². The van der Waals surface area contributed by atoms with E-state index in [0.717, 1.165) is 22.4 Å². The van der Waals surface area contributed by atoms with E-state index in [2.05, 4.69) is 31.4 Å². The highest BCUT2D eigenvalue weighted by Crippen LogP contribution is 2.29. The summed E-state index contributed by atoms with van der Waals surface area (Å²) in [5.41, 5.74) is 4.82. The Balaban J connectivity index is 1.71. The van der Waals surface area contributed by atoms with Gasteiger partial charge in [0.05, 0.1) is 11.9 Å². The molecule has 0 fully saturated rings. The number of thiazole rings is 1. The zero-order chi connectivity index (χ0) is 13.9. The Morgan fingerprint density at radius 3 is 3.05 bits per heavy atom. The number of anilines is 1. The van der Waals surface area contributed by atoms with Crippen LogP contribution in [0.3, 0.4) is 0 Å². The third-order valence-corrected chi connectivity index (χ3v) is 4.75. The number of aryl methyl sites for hydroxylation is 2. The molecule has 1 heterocycles. The molecule has 3 rings (SSSR count). The van der Waals surface area contributed by atoms with Crippen molar-refractivity contribution in [3.05, 3.63) is 38.8 Å². The normalized spacial score (nSPS) is 14.4. The first-order valence-corrected chi connectivity index (χ1v) is 8.09. The van der Waals surface area contributed by atoms with Crippen LogP contribution in [0.5, 0.6) is 5.75 Å². The molecule has 0 saturated carbocycles. The first-order chi connectivity index (χ1) is 9.72. The van der Waals surface area contributed by atoms with Gasteiger partial charge in [-0.2, -0.15) is 5.10 Å². The van der Waals surface area contributed by atoms with Crippen LogP contribution < -0.4 is 5.43 Å². The second kappa shape index (κ2) is 5.93. The van der Waals surface area contributed by atoms with Crippen LogP contribution >= 0.6 is 27.3 Å². The van der Waals surface area contributed by atoms with Gasteiger partial charge in [0.15, 0.2) is 0 Å². The SMILES string of the molecule is Oc1ccc(Br)cc1/C=N\Nc1nc2c(s1)CCCC2. The van der Waals surface area contributed by atoms with E-state index in [9.17, 15) is 5.11 Å². The number of aromatic hydroxyl groups is 1. The van der Waals surface area contributed by atoms with Gasteiger partial charge in [-0.3, -0.25) is 5.43 Å². The van der Waals surface area contributed by atoms with E-state index in [1.165, 1.54) is 23.4 Å². The highest BCUT2D eigenvalue weighted by Gasteiger charge is 2.14. The summed E-state index contributed by atoms with van der Waals surface area (Å²) in [6, 6.07) is 5.23. The van der Waals surface area contributed by atoms with Crippen LogP contribution in [0, 0.1) is 0 Å². The molecule has 0 unspecified atom stereocenters. The van der Waals surface area contributed by atoms with Gasteiger partial charge in [0, 0.05) is 14.9 Å². The topological polar surface area (TPSA) is 57.5 Å². The van der Waals surface area contributed by atoms with Crippen LogP contribution in [0.1, 0.15) is 29.0 Å². The molecule has 1 aromatic heterocycles. The van der Waals surface area contributed by atoms with E-state index in [4.69, 9.17) is 0 Å². The maximum atomic E-state index is 9.71. The third-order valence-electron chi connectivity index (χ3n) is 3.20. The maximum absolute atomic E-state index is 9.71.